The van der Waals surface area contributed by atoms with Crippen molar-refractivity contribution >= 4 is 11.7 Å². The van der Waals surface area contributed by atoms with Crippen molar-refractivity contribution in [1.82, 2.24) is 14.9 Å². The number of carbonyl (C=O) groups excluding carboxylic acids is 1. The molecule has 1 saturated heterocycles. The first kappa shape index (κ1) is 19.2. The van der Waals surface area contributed by atoms with E-state index in [1.807, 2.05) is 12.1 Å². The number of pyridine rings is 2. The quantitative estimate of drug-likeness (QED) is 0.761. The Kier molecular flexibility index (Phi) is 5.61. The van der Waals surface area contributed by atoms with Crippen molar-refractivity contribution in [3.63, 3.8) is 0 Å². The maximum atomic E-state index is 12.4. The Labute approximate surface area is 170 Å². The lowest BCUT2D eigenvalue weighted by molar-refractivity contribution is -0.115. The monoisotopic (exact) mass is 391 g/mol. The van der Waals surface area contributed by atoms with Gasteiger partial charge in [-0.05, 0) is 43.2 Å². The molecule has 1 saturated carbocycles. The van der Waals surface area contributed by atoms with Gasteiger partial charge in [0.1, 0.15) is 11.6 Å². The van der Waals surface area contributed by atoms with Crippen molar-refractivity contribution in [2.45, 2.75) is 43.9 Å². The molecule has 7 nitrogen and oxygen atoms in total. The van der Waals surface area contributed by atoms with Crippen molar-refractivity contribution in [3.05, 3.63) is 47.4 Å². The van der Waals surface area contributed by atoms with Crippen LogP contribution in [0.3, 0.4) is 0 Å². The minimum atomic E-state index is -0.129. The highest BCUT2D eigenvalue weighted by Crippen LogP contribution is 2.44. The van der Waals surface area contributed by atoms with Crippen molar-refractivity contribution in [3.8, 4) is 11.9 Å². The van der Waals surface area contributed by atoms with E-state index in [0.717, 1.165) is 48.5 Å². The second-order valence-corrected chi connectivity index (χ2v) is 7.76. The highest BCUT2D eigenvalue weighted by Gasteiger charge is 2.27. The minimum Gasteiger partial charge on any atom is -0.496 e. The smallest absolute Gasteiger partial charge is 0.230 e. The first-order valence-corrected chi connectivity index (χ1v) is 10.1. The van der Waals surface area contributed by atoms with E-state index in [1.54, 1.807) is 30.5 Å². The Balaban J connectivity index is 1.33. The van der Waals surface area contributed by atoms with E-state index in [4.69, 9.17) is 10.00 Å². The lowest BCUT2D eigenvalue weighted by Crippen LogP contribution is -2.29. The zero-order chi connectivity index (χ0) is 20.2. The van der Waals surface area contributed by atoms with Gasteiger partial charge in [0, 0.05) is 48.7 Å². The van der Waals surface area contributed by atoms with Crippen molar-refractivity contribution < 1.29 is 9.53 Å². The molecule has 1 amide bonds. The largest absolute Gasteiger partial charge is 0.496 e. The molecule has 4 rings (SSSR count). The zero-order valence-corrected chi connectivity index (χ0v) is 16.6. The van der Waals surface area contributed by atoms with Crippen LogP contribution in [0.1, 0.15) is 54.3 Å². The second-order valence-electron chi connectivity index (χ2n) is 7.76. The summed E-state index contributed by atoms with van der Waals surface area (Å²) in [6.07, 6.45) is 10.2. The number of aromatic nitrogens is 2. The van der Waals surface area contributed by atoms with Crippen LogP contribution in [0.5, 0.6) is 5.75 Å². The van der Waals surface area contributed by atoms with Crippen molar-refractivity contribution in [1.29, 1.82) is 5.26 Å². The third-order valence-corrected chi connectivity index (χ3v) is 5.67. The van der Waals surface area contributed by atoms with Gasteiger partial charge in [-0.3, -0.25) is 9.78 Å². The van der Waals surface area contributed by atoms with Crippen LogP contribution in [-0.4, -0.2) is 41.0 Å². The van der Waals surface area contributed by atoms with Crippen LogP contribution < -0.4 is 10.1 Å². The molecule has 29 heavy (non-hydrogen) atoms. The number of amides is 1. The van der Waals surface area contributed by atoms with Crippen molar-refractivity contribution in [2.24, 2.45) is 0 Å². The van der Waals surface area contributed by atoms with Gasteiger partial charge in [-0.25, -0.2) is 4.98 Å². The van der Waals surface area contributed by atoms with Gasteiger partial charge in [-0.1, -0.05) is 6.07 Å². The van der Waals surface area contributed by atoms with Gasteiger partial charge in [0.2, 0.25) is 5.91 Å². The molecule has 1 N–H and O–H groups in total. The molecule has 3 heterocycles. The third-order valence-electron chi connectivity index (χ3n) is 5.67. The fraction of sp³-hybridized carbons (Fsp3) is 0.455. The average molecular weight is 391 g/mol. The van der Waals surface area contributed by atoms with Gasteiger partial charge in [0.05, 0.1) is 13.5 Å². The van der Waals surface area contributed by atoms with Crippen molar-refractivity contribution in [2.75, 3.05) is 25.5 Å². The molecule has 2 aliphatic rings. The minimum absolute atomic E-state index is 0.129. The molecule has 7 heteroatoms. The molecule has 0 radical (unpaired) electrons. The summed E-state index contributed by atoms with van der Waals surface area (Å²) in [6.45, 7) is 1.56. The molecule has 1 aliphatic carbocycles. The number of ether oxygens (including phenoxy) is 1. The summed E-state index contributed by atoms with van der Waals surface area (Å²) in [7, 11) is 1.64. The molecule has 0 unspecified atom stereocenters. The molecule has 2 fully saturated rings. The standard InChI is InChI=1S/C22H25N5O2/c1-29-20-11-21(25-13-18(20)16-3-4-16)26-22(28)10-15-2-5-19(24-12-15)17-6-8-27(14-23)9-7-17/h2,5,11-13,16-17H,3-4,6-10H2,1H3,(H,25,26,28). The number of likely N-dealkylation sites (tertiary alicyclic amines) is 1. The highest BCUT2D eigenvalue weighted by atomic mass is 16.5. The van der Waals surface area contributed by atoms with E-state index < -0.39 is 0 Å². The number of nitrogens with zero attached hydrogens (tertiary/aromatic N) is 4. The van der Waals surface area contributed by atoms with Crippen LogP contribution in [0, 0.1) is 11.5 Å². The lowest BCUT2D eigenvalue weighted by Gasteiger charge is -2.27. The van der Waals surface area contributed by atoms with E-state index >= 15 is 0 Å². The third kappa shape index (κ3) is 4.65. The predicted octanol–water partition coefficient (Wildman–Crippen LogP) is 3.20. The summed E-state index contributed by atoms with van der Waals surface area (Å²) in [5.74, 6) is 2.08. The van der Waals surface area contributed by atoms with Crippen LogP contribution in [0.4, 0.5) is 5.82 Å². The summed E-state index contributed by atoms with van der Waals surface area (Å²) in [4.78, 5) is 23.1. The Morgan fingerprint density at radius 2 is 2.00 bits per heavy atom. The molecule has 0 aromatic carbocycles. The predicted molar refractivity (Wildman–Crippen MR) is 108 cm³/mol. The van der Waals surface area contributed by atoms with Crippen LogP contribution in [0.15, 0.2) is 30.6 Å². The summed E-state index contributed by atoms with van der Waals surface area (Å²) < 4.78 is 5.45. The van der Waals surface area contributed by atoms with Gasteiger partial charge in [0.15, 0.2) is 6.19 Å². The fourth-order valence-electron chi connectivity index (χ4n) is 3.82. The normalized spacial score (nSPS) is 16.9. The second kappa shape index (κ2) is 8.48. The van der Waals surface area contributed by atoms with E-state index in [0.29, 0.717) is 17.7 Å². The number of nitrogens with one attached hydrogen (secondary N) is 1. The van der Waals surface area contributed by atoms with E-state index in [-0.39, 0.29) is 12.3 Å². The van der Waals surface area contributed by atoms with Crippen LogP contribution >= 0.6 is 0 Å². The van der Waals surface area contributed by atoms with E-state index in [1.165, 1.54) is 12.8 Å². The van der Waals surface area contributed by atoms with Gasteiger partial charge in [0.25, 0.3) is 0 Å². The SMILES string of the molecule is COc1cc(NC(=O)Cc2ccc(C3CCN(C#N)CC3)nc2)ncc1C1CC1. The molecular formula is C22H25N5O2. The topological polar surface area (TPSA) is 91.1 Å². The molecule has 2 aromatic heterocycles. The first-order valence-electron chi connectivity index (χ1n) is 10.1. The summed E-state index contributed by atoms with van der Waals surface area (Å²) in [6, 6.07) is 5.75. The number of nitriles is 1. The van der Waals surface area contributed by atoms with E-state index in [9.17, 15) is 4.79 Å². The number of carbonyl (C=O) groups is 1. The summed E-state index contributed by atoms with van der Waals surface area (Å²) in [5, 5.41) is 11.8. The maximum absolute atomic E-state index is 12.4. The number of hydrogen-bond acceptors (Lipinski definition) is 6. The number of methoxy groups -OCH3 is 1. The Bertz CT molecular complexity index is 910. The molecule has 2 aromatic rings. The van der Waals surface area contributed by atoms with Crippen LogP contribution in [0.2, 0.25) is 0 Å². The maximum Gasteiger partial charge on any atom is 0.230 e. The van der Waals surface area contributed by atoms with Crippen LogP contribution in [0.25, 0.3) is 0 Å². The van der Waals surface area contributed by atoms with E-state index in [2.05, 4.69) is 21.5 Å². The van der Waals surface area contributed by atoms with Gasteiger partial charge < -0.3 is 15.0 Å². The Morgan fingerprint density at radius 1 is 1.21 bits per heavy atom. The molecular weight excluding hydrogens is 366 g/mol. The number of hydrogen-bond donors (Lipinski definition) is 1. The van der Waals surface area contributed by atoms with Crippen LogP contribution in [-0.2, 0) is 11.2 Å². The summed E-state index contributed by atoms with van der Waals surface area (Å²) in [5.41, 5.74) is 3.02. The average Bonchev–Trinajstić information content (AvgIpc) is 3.59. The molecule has 0 atom stereocenters. The lowest BCUT2D eigenvalue weighted by atomic mass is 9.93. The molecule has 150 valence electrons. The Hall–Kier alpha value is -3.14. The number of anilines is 1. The highest BCUT2D eigenvalue weighted by molar-refractivity contribution is 5.91. The first-order chi connectivity index (χ1) is 14.2. The molecule has 0 bridgehead atoms. The number of piperidine rings is 1. The number of rotatable bonds is 6. The fourth-order valence-corrected chi connectivity index (χ4v) is 3.82. The van der Waals surface area contributed by atoms with Gasteiger partial charge in [-0.15, -0.1) is 0 Å². The Morgan fingerprint density at radius 3 is 2.62 bits per heavy atom. The molecule has 1 aliphatic heterocycles. The summed E-state index contributed by atoms with van der Waals surface area (Å²) >= 11 is 0. The zero-order valence-electron chi connectivity index (χ0n) is 16.6. The van der Waals surface area contributed by atoms with Gasteiger partial charge >= 0.3 is 0 Å². The molecule has 0 spiro atoms. The van der Waals surface area contributed by atoms with Gasteiger partial charge in [-0.2, -0.15) is 5.26 Å².